The van der Waals surface area contributed by atoms with Gasteiger partial charge < -0.3 is 0 Å². The molecule has 0 aliphatic rings. The van der Waals surface area contributed by atoms with Crippen molar-refractivity contribution in [3.05, 3.63) is 84.8 Å². The van der Waals surface area contributed by atoms with E-state index in [1.807, 2.05) is 32.0 Å². The van der Waals surface area contributed by atoms with Gasteiger partial charge in [0.25, 0.3) is 5.56 Å². The molecule has 0 aliphatic heterocycles. The van der Waals surface area contributed by atoms with Crippen molar-refractivity contribution < 1.29 is 0 Å². The molecule has 0 radical (unpaired) electrons. The molecule has 4 aromatic rings. The Labute approximate surface area is 179 Å². The summed E-state index contributed by atoms with van der Waals surface area (Å²) < 4.78 is 2.01. The maximum atomic E-state index is 13.2. The Kier molecular flexibility index (Phi) is 5.00. The number of aryl methyl sites for hydroxylation is 2. The third-order valence-electron chi connectivity index (χ3n) is 4.66. The number of hydrogen-bond donors (Lipinski definition) is 0. The summed E-state index contributed by atoms with van der Waals surface area (Å²) in [6.45, 7) is 4.00. The molecule has 0 fully saturated rings. The second-order valence-corrected chi connectivity index (χ2v) is 8.14. The molecular weight excluding hydrogens is 461 g/mol. The number of pyridine rings is 1. The average Bonchev–Trinajstić information content (AvgIpc) is 2.66. The van der Waals surface area contributed by atoms with Gasteiger partial charge in [0.05, 0.1) is 26.8 Å². The lowest BCUT2D eigenvalue weighted by Gasteiger charge is -2.13. The second kappa shape index (κ2) is 7.32. The summed E-state index contributed by atoms with van der Waals surface area (Å²) in [4.78, 5) is 17.4. The summed E-state index contributed by atoms with van der Waals surface area (Å²) in [7, 11) is 0. The minimum Gasteiger partial charge on any atom is -0.267 e. The van der Waals surface area contributed by atoms with Crippen molar-refractivity contribution in [2.24, 2.45) is 0 Å². The largest absolute Gasteiger partial charge is 0.279 e. The van der Waals surface area contributed by atoms with Gasteiger partial charge in [0, 0.05) is 17.1 Å². The molecule has 2 aromatic carbocycles. The van der Waals surface area contributed by atoms with Gasteiger partial charge in [-0.2, -0.15) is 9.78 Å². The quantitative estimate of drug-likeness (QED) is 0.328. The molecule has 7 heteroatoms. The van der Waals surface area contributed by atoms with Crippen molar-refractivity contribution in [1.82, 2.24) is 14.8 Å². The van der Waals surface area contributed by atoms with E-state index in [1.54, 1.807) is 30.5 Å². The zero-order valence-electron chi connectivity index (χ0n) is 15.0. The van der Waals surface area contributed by atoms with Crippen LogP contribution in [0.2, 0.25) is 10.0 Å². The van der Waals surface area contributed by atoms with Crippen molar-refractivity contribution in [2.45, 2.75) is 13.8 Å². The first-order chi connectivity index (χ1) is 13.3. The van der Waals surface area contributed by atoms with Gasteiger partial charge in [-0.25, -0.2) is 4.98 Å². The Balaban J connectivity index is 2.13. The molecule has 0 aliphatic carbocycles. The van der Waals surface area contributed by atoms with Crippen LogP contribution >= 0.6 is 39.1 Å². The molecule has 0 amide bonds. The summed E-state index contributed by atoms with van der Waals surface area (Å²) in [6, 6.07) is 12.7. The zero-order valence-corrected chi connectivity index (χ0v) is 18.1. The molecule has 4 nitrogen and oxygen atoms in total. The maximum Gasteiger partial charge on any atom is 0.279 e. The minimum atomic E-state index is -0.194. The fourth-order valence-electron chi connectivity index (χ4n) is 3.06. The van der Waals surface area contributed by atoms with Crippen molar-refractivity contribution in [3.8, 4) is 16.9 Å². The number of nitrogens with zero attached hydrogens (tertiary/aromatic N) is 3. The van der Waals surface area contributed by atoms with Crippen LogP contribution in [0.15, 0.2) is 58.1 Å². The molecule has 28 heavy (non-hydrogen) atoms. The number of aromatic nitrogens is 3. The fraction of sp³-hybridized carbons (Fsp3) is 0.0952. The molecule has 0 atom stereocenters. The summed E-state index contributed by atoms with van der Waals surface area (Å²) in [5, 5.41) is 6.94. The van der Waals surface area contributed by atoms with Crippen LogP contribution in [0.4, 0.5) is 0 Å². The first-order valence-corrected chi connectivity index (χ1v) is 10.0. The van der Waals surface area contributed by atoms with Crippen molar-refractivity contribution in [2.75, 3.05) is 0 Å². The normalized spacial score (nSPS) is 11.2. The Hall–Kier alpha value is -2.21. The van der Waals surface area contributed by atoms with E-state index in [9.17, 15) is 4.79 Å². The van der Waals surface area contributed by atoms with Crippen LogP contribution in [0, 0.1) is 13.8 Å². The van der Waals surface area contributed by atoms with E-state index >= 15 is 0 Å². The lowest BCUT2D eigenvalue weighted by molar-refractivity contribution is 0.823. The van der Waals surface area contributed by atoms with E-state index in [0.717, 1.165) is 22.1 Å². The van der Waals surface area contributed by atoms with Gasteiger partial charge in [0.15, 0.2) is 0 Å². The van der Waals surface area contributed by atoms with Gasteiger partial charge in [-0.3, -0.25) is 4.79 Å². The summed E-state index contributed by atoms with van der Waals surface area (Å²) in [5.41, 5.74) is 3.99. The van der Waals surface area contributed by atoms with E-state index < -0.39 is 0 Å². The monoisotopic (exact) mass is 473 g/mol. The predicted octanol–water partition coefficient (Wildman–Crippen LogP) is 6.13. The molecule has 0 spiro atoms. The van der Waals surface area contributed by atoms with Crippen LogP contribution in [0.3, 0.4) is 0 Å². The van der Waals surface area contributed by atoms with Crippen LogP contribution in [0.1, 0.15) is 11.1 Å². The molecule has 140 valence electrons. The zero-order chi connectivity index (χ0) is 20.0. The Morgan fingerprint density at radius 2 is 1.64 bits per heavy atom. The molecule has 0 saturated heterocycles. The lowest BCUT2D eigenvalue weighted by atomic mass is 10.00. The smallest absolute Gasteiger partial charge is 0.267 e. The molecule has 2 aromatic heterocycles. The molecule has 0 unspecified atom stereocenters. The van der Waals surface area contributed by atoms with Gasteiger partial charge in [-0.1, -0.05) is 29.3 Å². The number of fused-ring (bicyclic) bond motifs is 1. The highest BCUT2D eigenvalue weighted by Crippen LogP contribution is 2.32. The van der Waals surface area contributed by atoms with Gasteiger partial charge in [0.2, 0.25) is 0 Å². The van der Waals surface area contributed by atoms with E-state index in [-0.39, 0.29) is 5.56 Å². The lowest BCUT2D eigenvalue weighted by Crippen LogP contribution is -2.22. The molecule has 0 bridgehead atoms. The summed E-state index contributed by atoms with van der Waals surface area (Å²) in [5.74, 6) is 0. The van der Waals surface area contributed by atoms with Gasteiger partial charge in [-0.15, -0.1) is 0 Å². The number of halogens is 3. The number of rotatable bonds is 2. The SMILES string of the molecule is Cc1cc2c(-c3ccc(Cl)c(Cl)c3)nn(-c3ccnc(Br)c3)c(=O)c2cc1C. The fourth-order valence-corrected chi connectivity index (χ4v) is 3.71. The molecule has 2 heterocycles. The van der Waals surface area contributed by atoms with Crippen molar-refractivity contribution in [1.29, 1.82) is 0 Å². The number of benzene rings is 2. The van der Waals surface area contributed by atoms with Crippen molar-refractivity contribution >= 4 is 49.9 Å². The first-order valence-electron chi connectivity index (χ1n) is 8.47. The molecule has 4 rings (SSSR count). The maximum absolute atomic E-state index is 13.2. The Morgan fingerprint density at radius 1 is 0.929 bits per heavy atom. The molecule has 0 saturated carbocycles. The third-order valence-corrected chi connectivity index (χ3v) is 5.83. The van der Waals surface area contributed by atoms with E-state index in [4.69, 9.17) is 23.2 Å². The van der Waals surface area contributed by atoms with Gasteiger partial charge in [-0.05, 0) is 77.3 Å². The summed E-state index contributed by atoms with van der Waals surface area (Å²) in [6.07, 6.45) is 1.62. The Bertz CT molecular complexity index is 1300. The van der Waals surface area contributed by atoms with E-state index in [2.05, 4.69) is 26.0 Å². The first kappa shape index (κ1) is 19.1. The van der Waals surface area contributed by atoms with E-state index in [1.165, 1.54) is 4.68 Å². The molecule has 0 N–H and O–H groups in total. The second-order valence-electron chi connectivity index (χ2n) is 6.51. The highest BCUT2D eigenvalue weighted by Gasteiger charge is 2.16. The van der Waals surface area contributed by atoms with Gasteiger partial charge >= 0.3 is 0 Å². The number of hydrogen-bond acceptors (Lipinski definition) is 3. The van der Waals surface area contributed by atoms with Crippen LogP contribution in [-0.2, 0) is 0 Å². The summed E-state index contributed by atoms with van der Waals surface area (Å²) >= 11 is 15.7. The topological polar surface area (TPSA) is 47.8 Å². The van der Waals surface area contributed by atoms with E-state index in [0.29, 0.717) is 31.4 Å². The average molecular weight is 475 g/mol. The minimum absolute atomic E-state index is 0.194. The van der Waals surface area contributed by atoms with Crippen LogP contribution < -0.4 is 5.56 Å². The van der Waals surface area contributed by atoms with Crippen LogP contribution in [0.5, 0.6) is 0 Å². The standard InChI is InChI=1S/C21H14BrCl2N3O/c1-11-7-15-16(8-12(11)2)21(28)27(14-5-6-25-19(22)10-14)26-20(15)13-3-4-17(23)18(24)9-13/h3-10H,1-2H3. The highest BCUT2D eigenvalue weighted by molar-refractivity contribution is 9.10. The highest BCUT2D eigenvalue weighted by atomic mass is 79.9. The van der Waals surface area contributed by atoms with Crippen LogP contribution in [0.25, 0.3) is 27.7 Å². The van der Waals surface area contributed by atoms with Gasteiger partial charge in [0.1, 0.15) is 4.60 Å². The predicted molar refractivity (Wildman–Crippen MR) is 118 cm³/mol. The molecular formula is C21H14BrCl2N3O. The van der Waals surface area contributed by atoms with Crippen LogP contribution in [-0.4, -0.2) is 14.8 Å². The third kappa shape index (κ3) is 3.34. The van der Waals surface area contributed by atoms with Crippen molar-refractivity contribution in [3.63, 3.8) is 0 Å². The Morgan fingerprint density at radius 3 is 2.32 bits per heavy atom.